The molecule has 0 aliphatic heterocycles. The summed E-state index contributed by atoms with van der Waals surface area (Å²) in [4.78, 5) is 33.8. The Morgan fingerprint density at radius 3 is 2.50 bits per heavy atom. The second kappa shape index (κ2) is 9.01. The van der Waals surface area contributed by atoms with E-state index in [1.54, 1.807) is 24.3 Å². The van der Waals surface area contributed by atoms with Gasteiger partial charge in [-0.15, -0.1) is 0 Å². The summed E-state index contributed by atoms with van der Waals surface area (Å²) in [6.45, 7) is 0. The third-order valence-corrected chi connectivity index (χ3v) is 4.31. The maximum Gasteiger partial charge on any atom is 0.337 e. The topological polar surface area (TPSA) is 124 Å². The molecule has 3 aromatic rings. The number of non-ortho nitro benzene ring substituents is 1. The average Bonchev–Trinajstić information content (AvgIpc) is 3.22. The van der Waals surface area contributed by atoms with E-state index in [9.17, 15) is 19.7 Å². The number of benzene rings is 2. The second-order valence-corrected chi connectivity index (χ2v) is 6.30. The van der Waals surface area contributed by atoms with Gasteiger partial charge in [-0.25, -0.2) is 10.2 Å². The summed E-state index contributed by atoms with van der Waals surface area (Å²) in [5, 5.41) is 14.8. The zero-order chi connectivity index (χ0) is 21.7. The van der Waals surface area contributed by atoms with Crippen LogP contribution in [0, 0.1) is 10.1 Å². The van der Waals surface area contributed by atoms with Gasteiger partial charge in [0.15, 0.2) is 0 Å². The quantitative estimate of drug-likeness (QED) is 0.274. The molecule has 0 atom stereocenters. The number of halogens is 1. The van der Waals surface area contributed by atoms with Crippen molar-refractivity contribution < 1.29 is 23.7 Å². The van der Waals surface area contributed by atoms with E-state index in [0.29, 0.717) is 27.7 Å². The first-order chi connectivity index (χ1) is 14.4. The van der Waals surface area contributed by atoms with Gasteiger partial charge < -0.3 is 9.15 Å². The number of carbonyl (C=O) groups excluding carboxylic acids is 2. The number of nitro benzene ring substituents is 1. The summed E-state index contributed by atoms with van der Waals surface area (Å²) in [7, 11) is 1.28. The number of nitro groups is 1. The van der Waals surface area contributed by atoms with E-state index in [1.807, 2.05) is 0 Å². The van der Waals surface area contributed by atoms with E-state index < -0.39 is 16.8 Å². The fraction of sp³-hybridized carbons (Fsp3) is 0.0500. The molecule has 0 aliphatic rings. The van der Waals surface area contributed by atoms with E-state index >= 15 is 0 Å². The van der Waals surface area contributed by atoms with E-state index in [-0.39, 0.29) is 11.3 Å². The van der Waals surface area contributed by atoms with Gasteiger partial charge in [-0.1, -0.05) is 11.6 Å². The molecule has 0 spiro atoms. The number of hydrazone groups is 1. The van der Waals surface area contributed by atoms with Crippen LogP contribution >= 0.6 is 11.6 Å². The third kappa shape index (κ3) is 4.70. The molecule has 3 rings (SSSR count). The lowest BCUT2D eigenvalue weighted by Crippen LogP contribution is -2.17. The largest absolute Gasteiger partial charge is 0.465 e. The molecule has 152 valence electrons. The highest BCUT2D eigenvalue weighted by Gasteiger charge is 2.13. The Balaban J connectivity index is 1.69. The molecule has 30 heavy (non-hydrogen) atoms. The molecule has 1 N–H and O–H groups in total. The van der Waals surface area contributed by atoms with Crippen molar-refractivity contribution in [3.63, 3.8) is 0 Å². The predicted molar refractivity (Wildman–Crippen MR) is 109 cm³/mol. The number of ether oxygens (including phenoxy) is 1. The van der Waals surface area contributed by atoms with Crippen LogP contribution in [0.4, 0.5) is 5.69 Å². The minimum absolute atomic E-state index is 0.118. The summed E-state index contributed by atoms with van der Waals surface area (Å²) in [5.74, 6) is -0.320. The number of hydrogen-bond acceptors (Lipinski definition) is 7. The molecule has 10 heteroatoms. The van der Waals surface area contributed by atoms with Crippen LogP contribution in [0.5, 0.6) is 0 Å². The molecule has 0 fully saturated rings. The lowest BCUT2D eigenvalue weighted by atomic mass is 10.1. The Bertz CT molecular complexity index is 1140. The monoisotopic (exact) mass is 427 g/mol. The van der Waals surface area contributed by atoms with Gasteiger partial charge in [-0.05, 0) is 42.5 Å². The van der Waals surface area contributed by atoms with E-state index in [0.717, 1.165) is 0 Å². The molecule has 0 unspecified atom stereocenters. The van der Waals surface area contributed by atoms with Crippen LogP contribution in [-0.4, -0.2) is 30.1 Å². The number of methoxy groups -OCH3 is 1. The Morgan fingerprint density at radius 2 is 1.83 bits per heavy atom. The summed E-state index contributed by atoms with van der Waals surface area (Å²) in [6, 6.07) is 13.0. The number of amides is 1. The molecule has 0 saturated heterocycles. The maximum absolute atomic E-state index is 12.0. The molecule has 0 radical (unpaired) electrons. The van der Waals surface area contributed by atoms with Crippen LogP contribution in [0.2, 0.25) is 5.02 Å². The molecule has 9 nitrogen and oxygen atoms in total. The van der Waals surface area contributed by atoms with Gasteiger partial charge in [-0.3, -0.25) is 14.9 Å². The van der Waals surface area contributed by atoms with Crippen molar-refractivity contribution in [1.29, 1.82) is 0 Å². The molecule has 0 bridgehead atoms. The summed E-state index contributed by atoms with van der Waals surface area (Å²) < 4.78 is 10.3. The van der Waals surface area contributed by atoms with Crippen molar-refractivity contribution in [3.8, 4) is 11.3 Å². The van der Waals surface area contributed by atoms with Crippen molar-refractivity contribution in [1.82, 2.24) is 5.43 Å². The minimum atomic E-state index is -0.554. The van der Waals surface area contributed by atoms with Crippen LogP contribution < -0.4 is 5.43 Å². The number of hydrogen-bond donors (Lipinski definition) is 1. The molecule has 1 heterocycles. The summed E-state index contributed by atoms with van der Waals surface area (Å²) in [6.07, 6.45) is 1.28. The second-order valence-electron chi connectivity index (χ2n) is 5.89. The van der Waals surface area contributed by atoms with Gasteiger partial charge in [0.2, 0.25) is 0 Å². The molecular weight excluding hydrogens is 414 g/mol. The number of furan rings is 1. The zero-order valence-corrected chi connectivity index (χ0v) is 16.3. The van der Waals surface area contributed by atoms with Crippen LogP contribution in [-0.2, 0) is 4.74 Å². The summed E-state index contributed by atoms with van der Waals surface area (Å²) in [5.41, 5.74) is 3.21. The lowest BCUT2D eigenvalue weighted by Gasteiger charge is -2.04. The minimum Gasteiger partial charge on any atom is -0.465 e. The molecule has 2 aromatic carbocycles. The molecule has 1 aromatic heterocycles. The van der Waals surface area contributed by atoms with E-state index in [4.69, 9.17) is 20.8 Å². The van der Waals surface area contributed by atoms with Crippen molar-refractivity contribution in [3.05, 3.63) is 86.6 Å². The fourth-order valence-electron chi connectivity index (χ4n) is 2.48. The highest BCUT2D eigenvalue weighted by molar-refractivity contribution is 6.33. The van der Waals surface area contributed by atoms with Crippen molar-refractivity contribution in [2.24, 2.45) is 5.10 Å². The average molecular weight is 428 g/mol. The summed E-state index contributed by atoms with van der Waals surface area (Å²) >= 11 is 6.19. The standard InChI is InChI=1S/C20H14ClN3O6/c1-29-20(26)13-4-8-17(21)16(10-13)18-9-7-15(30-18)11-22-23-19(25)12-2-5-14(6-3-12)24(27)28/h2-11H,1H3,(H,23,25)/b22-11-. The first-order valence-corrected chi connectivity index (χ1v) is 8.83. The molecular formula is C20H14ClN3O6. The highest BCUT2D eigenvalue weighted by Crippen LogP contribution is 2.30. The van der Waals surface area contributed by atoms with Crippen molar-refractivity contribution in [2.45, 2.75) is 0 Å². The van der Waals surface area contributed by atoms with Gasteiger partial charge >= 0.3 is 5.97 Å². The van der Waals surface area contributed by atoms with Gasteiger partial charge in [0.25, 0.3) is 11.6 Å². The first kappa shape index (κ1) is 20.7. The predicted octanol–water partition coefficient (Wildman–Crippen LogP) is 4.06. The van der Waals surface area contributed by atoms with Gasteiger partial charge in [0.05, 0.1) is 28.8 Å². The fourth-order valence-corrected chi connectivity index (χ4v) is 2.69. The Hall–Kier alpha value is -3.98. The lowest BCUT2D eigenvalue weighted by molar-refractivity contribution is -0.384. The van der Waals surface area contributed by atoms with E-state index in [1.165, 1.54) is 43.7 Å². The van der Waals surface area contributed by atoms with Gasteiger partial charge in [-0.2, -0.15) is 5.10 Å². The number of nitrogens with one attached hydrogen (secondary N) is 1. The zero-order valence-electron chi connectivity index (χ0n) is 15.5. The van der Waals surface area contributed by atoms with Crippen LogP contribution in [0.25, 0.3) is 11.3 Å². The van der Waals surface area contributed by atoms with Crippen LogP contribution in [0.15, 0.2) is 64.1 Å². The molecule has 0 saturated carbocycles. The van der Waals surface area contributed by atoms with Crippen molar-refractivity contribution >= 4 is 35.4 Å². The Labute approximate surface area is 175 Å². The van der Waals surface area contributed by atoms with Gasteiger partial charge in [0, 0.05) is 23.3 Å². The van der Waals surface area contributed by atoms with Crippen molar-refractivity contribution in [2.75, 3.05) is 7.11 Å². The SMILES string of the molecule is COC(=O)c1ccc(Cl)c(-c2ccc(/C=N\NC(=O)c3ccc([N+](=O)[O-])cc3)o2)c1. The highest BCUT2D eigenvalue weighted by atomic mass is 35.5. The maximum atomic E-state index is 12.0. The molecule has 0 aliphatic carbocycles. The van der Waals surface area contributed by atoms with Crippen LogP contribution in [0.3, 0.4) is 0 Å². The van der Waals surface area contributed by atoms with E-state index in [2.05, 4.69) is 10.5 Å². The smallest absolute Gasteiger partial charge is 0.337 e. The molecule has 1 amide bonds. The number of nitrogens with zero attached hydrogens (tertiary/aromatic N) is 2. The number of rotatable bonds is 6. The van der Waals surface area contributed by atoms with Gasteiger partial charge in [0.1, 0.15) is 11.5 Å². The Morgan fingerprint density at radius 1 is 1.13 bits per heavy atom. The first-order valence-electron chi connectivity index (χ1n) is 8.45. The Kier molecular flexibility index (Phi) is 6.23. The third-order valence-electron chi connectivity index (χ3n) is 3.98. The number of carbonyl (C=O) groups is 2. The normalized spacial score (nSPS) is 10.7. The van der Waals surface area contributed by atoms with Crippen LogP contribution in [0.1, 0.15) is 26.5 Å². The number of esters is 1.